The fourth-order valence-electron chi connectivity index (χ4n) is 2.88. The van der Waals surface area contributed by atoms with Gasteiger partial charge in [0, 0.05) is 17.8 Å². The van der Waals surface area contributed by atoms with E-state index in [9.17, 15) is 4.79 Å². The van der Waals surface area contributed by atoms with Crippen molar-refractivity contribution in [1.29, 1.82) is 0 Å². The third-order valence-electron chi connectivity index (χ3n) is 3.50. The number of pyridine rings is 1. The van der Waals surface area contributed by atoms with Crippen LogP contribution in [0.25, 0.3) is 0 Å². The molecule has 2 atom stereocenters. The Hall–Kier alpha value is -0.900. The number of amides is 1. The normalized spacial score (nSPS) is 27.8. The Labute approximate surface area is 117 Å². The molecule has 2 rings (SSSR count). The van der Waals surface area contributed by atoms with Gasteiger partial charge in [-0.3, -0.25) is 4.79 Å². The van der Waals surface area contributed by atoms with Crippen molar-refractivity contribution in [3.8, 4) is 0 Å². The van der Waals surface area contributed by atoms with Gasteiger partial charge in [0.05, 0.1) is 0 Å². The van der Waals surface area contributed by atoms with E-state index in [0.717, 1.165) is 12.8 Å². The summed E-state index contributed by atoms with van der Waals surface area (Å²) in [6.07, 6.45) is 5.09. The highest BCUT2D eigenvalue weighted by Crippen LogP contribution is 2.28. The van der Waals surface area contributed by atoms with Crippen LogP contribution in [-0.4, -0.2) is 16.9 Å². The summed E-state index contributed by atoms with van der Waals surface area (Å²) < 4.78 is 0.695. The zero-order chi connectivity index (χ0) is 13.1. The number of halogens is 1. The van der Waals surface area contributed by atoms with Crippen molar-refractivity contribution in [2.24, 2.45) is 11.8 Å². The largest absolute Gasteiger partial charge is 0.349 e. The molecule has 1 N–H and O–H groups in total. The molecule has 1 heterocycles. The van der Waals surface area contributed by atoms with E-state index >= 15 is 0 Å². The Morgan fingerprint density at radius 1 is 1.33 bits per heavy atom. The number of rotatable bonds is 2. The molecular formula is C14H19BrN2O. The lowest BCUT2D eigenvalue weighted by atomic mass is 9.80. The molecule has 0 aliphatic heterocycles. The summed E-state index contributed by atoms with van der Waals surface area (Å²) in [5.41, 5.74) is 0.669. The van der Waals surface area contributed by atoms with Gasteiger partial charge in [0.15, 0.2) is 0 Å². The highest BCUT2D eigenvalue weighted by molar-refractivity contribution is 9.10. The second-order valence-corrected chi connectivity index (χ2v) is 6.27. The molecule has 1 aliphatic rings. The molecule has 1 aromatic heterocycles. The molecule has 1 fully saturated rings. The first-order chi connectivity index (χ1) is 8.54. The molecular weight excluding hydrogens is 292 g/mol. The van der Waals surface area contributed by atoms with E-state index < -0.39 is 0 Å². The first-order valence-electron chi connectivity index (χ1n) is 6.47. The molecule has 4 heteroatoms. The van der Waals surface area contributed by atoms with Crippen molar-refractivity contribution in [3.63, 3.8) is 0 Å². The molecule has 0 spiro atoms. The van der Waals surface area contributed by atoms with E-state index in [4.69, 9.17) is 0 Å². The van der Waals surface area contributed by atoms with Gasteiger partial charge in [-0.25, -0.2) is 4.98 Å². The number of carbonyl (C=O) groups is 1. The lowest BCUT2D eigenvalue weighted by Gasteiger charge is -2.31. The summed E-state index contributed by atoms with van der Waals surface area (Å²) in [5.74, 6) is 1.40. The Morgan fingerprint density at radius 2 is 2.00 bits per heavy atom. The number of carbonyl (C=O) groups excluding carboxylic acids is 1. The minimum atomic E-state index is 0.00407. The van der Waals surface area contributed by atoms with Gasteiger partial charge >= 0.3 is 0 Å². The van der Waals surface area contributed by atoms with Crippen molar-refractivity contribution < 1.29 is 4.79 Å². The summed E-state index contributed by atoms with van der Waals surface area (Å²) in [5, 5.41) is 3.14. The molecule has 1 amide bonds. The van der Waals surface area contributed by atoms with Gasteiger partial charge in [-0.15, -0.1) is 0 Å². The van der Waals surface area contributed by atoms with Crippen LogP contribution in [-0.2, 0) is 0 Å². The summed E-state index contributed by atoms with van der Waals surface area (Å²) in [7, 11) is 0. The molecule has 0 aromatic carbocycles. The zero-order valence-corrected chi connectivity index (χ0v) is 12.4. The van der Waals surface area contributed by atoms with Crippen molar-refractivity contribution in [3.05, 3.63) is 28.5 Å². The second-order valence-electron chi connectivity index (χ2n) is 5.46. The predicted octanol–water partition coefficient (Wildman–Crippen LogP) is 3.40. The molecule has 2 unspecified atom stereocenters. The van der Waals surface area contributed by atoms with Gasteiger partial charge in [0.1, 0.15) is 4.60 Å². The number of hydrogen-bond acceptors (Lipinski definition) is 2. The smallest absolute Gasteiger partial charge is 0.251 e. The summed E-state index contributed by atoms with van der Waals surface area (Å²) in [4.78, 5) is 16.1. The number of hydrogen-bond donors (Lipinski definition) is 1. The fourth-order valence-corrected chi connectivity index (χ4v) is 3.24. The maximum atomic E-state index is 12.1. The number of nitrogens with one attached hydrogen (secondary N) is 1. The van der Waals surface area contributed by atoms with Gasteiger partial charge in [0.2, 0.25) is 0 Å². The third-order valence-corrected chi connectivity index (χ3v) is 3.94. The van der Waals surface area contributed by atoms with Crippen LogP contribution in [0, 0.1) is 11.8 Å². The molecule has 0 radical (unpaired) electrons. The Kier molecular flexibility index (Phi) is 4.38. The van der Waals surface area contributed by atoms with Gasteiger partial charge in [-0.05, 0) is 59.2 Å². The lowest BCUT2D eigenvalue weighted by molar-refractivity contribution is 0.0911. The Morgan fingerprint density at radius 3 is 2.61 bits per heavy atom. The van der Waals surface area contributed by atoms with Crippen molar-refractivity contribution in [2.75, 3.05) is 0 Å². The standard InChI is InChI=1S/C14H19BrN2O/c1-9-5-10(2)7-12(6-9)17-14(18)11-3-4-16-13(15)8-11/h3-4,8-10,12H,5-7H2,1-2H3,(H,17,18). The molecule has 0 bridgehead atoms. The fraction of sp³-hybridized carbons (Fsp3) is 0.571. The number of aromatic nitrogens is 1. The van der Waals surface area contributed by atoms with Crippen LogP contribution in [0.1, 0.15) is 43.5 Å². The molecule has 1 aromatic rings. The minimum Gasteiger partial charge on any atom is -0.349 e. The van der Waals surface area contributed by atoms with Crippen LogP contribution in [0.4, 0.5) is 0 Å². The van der Waals surface area contributed by atoms with Crippen LogP contribution >= 0.6 is 15.9 Å². The second kappa shape index (κ2) is 5.83. The quantitative estimate of drug-likeness (QED) is 0.851. The highest BCUT2D eigenvalue weighted by atomic mass is 79.9. The van der Waals surface area contributed by atoms with Crippen molar-refractivity contribution >= 4 is 21.8 Å². The van der Waals surface area contributed by atoms with Crippen LogP contribution in [0.15, 0.2) is 22.9 Å². The van der Waals surface area contributed by atoms with E-state index in [-0.39, 0.29) is 5.91 Å². The zero-order valence-electron chi connectivity index (χ0n) is 10.8. The minimum absolute atomic E-state index is 0.00407. The topological polar surface area (TPSA) is 42.0 Å². The number of nitrogens with zero attached hydrogens (tertiary/aromatic N) is 1. The summed E-state index contributed by atoms with van der Waals surface area (Å²) in [6, 6.07) is 3.81. The molecule has 18 heavy (non-hydrogen) atoms. The van der Waals surface area contributed by atoms with Crippen molar-refractivity contribution in [1.82, 2.24) is 10.3 Å². The maximum absolute atomic E-state index is 12.1. The van der Waals surface area contributed by atoms with E-state index in [2.05, 4.69) is 40.1 Å². The molecule has 1 saturated carbocycles. The van der Waals surface area contributed by atoms with Crippen LogP contribution in [0.2, 0.25) is 0 Å². The molecule has 0 saturated heterocycles. The Balaban J connectivity index is 1.99. The Bertz CT molecular complexity index is 426. The van der Waals surface area contributed by atoms with E-state index in [1.165, 1.54) is 6.42 Å². The van der Waals surface area contributed by atoms with E-state index in [1.54, 1.807) is 18.3 Å². The third kappa shape index (κ3) is 3.55. The van der Waals surface area contributed by atoms with E-state index in [1.807, 2.05) is 0 Å². The van der Waals surface area contributed by atoms with Crippen LogP contribution in [0.5, 0.6) is 0 Å². The van der Waals surface area contributed by atoms with E-state index in [0.29, 0.717) is 28.0 Å². The SMILES string of the molecule is CC1CC(C)CC(NC(=O)c2ccnc(Br)c2)C1. The summed E-state index contributed by atoms with van der Waals surface area (Å²) >= 11 is 3.28. The van der Waals surface area contributed by atoms with Gasteiger partial charge in [-0.1, -0.05) is 13.8 Å². The van der Waals surface area contributed by atoms with Gasteiger partial charge < -0.3 is 5.32 Å². The van der Waals surface area contributed by atoms with Crippen LogP contribution < -0.4 is 5.32 Å². The molecule has 3 nitrogen and oxygen atoms in total. The molecule has 1 aliphatic carbocycles. The maximum Gasteiger partial charge on any atom is 0.251 e. The predicted molar refractivity (Wildman–Crippen MR) is 75.4 cm³/mol. The monoisotopic (exact) mass is 310 g/mol. The highest BCUT2D eigenvalue weighted by Gasteiger charge is 2.25. The summed E-state index contributed by atoms with van der Waals surface area (Å²) in [6.45, 7) is 4.52. The van der Waals surface area contributed by atoms with Gasteiger partial charge in [-0.2, -0.15) is 0 Å². The average molecular weight is 311 g/mol. The van der Waals surface area contributed by atoms with Crippen molar-refractivity contribution in [2.45, 2.75) is 39.2 Å². The molecule has 98 valence electrons. The average Bonchev–Trinajstić information content (AvgIpc) is 2.27. The van der Waals surface area contributed by atoms with Gasteiger partial charge in [0.25, 0.3) is 5.91 Å². The first-order valence-corrected chi connectivity index (χ1v) is 7.26. The van der Waals surface area contributed by atoms with Crippen LogP contribution in [0.3, 0.4) is 0 Å². The first kappa shape index (κ1) is 13.5. The lowest BCUT2D eigenvalue weighted by Crippen LogP contribution is -2.40.